The highest BCUT2D eigenvalue weighted by Crippen LogP contribution is 2.32. The molecule has 5 heteroatoms. The molecule has 0 amide bonds. The number of rotatable bonds is 2. The van der Waals surface area contributed by atoms with E-state index in [1.165, 1.54) is 0 Å². The van der Waals surface area contributed by atoms with Crippen molar-refractivity contribution in [3.05, 3.63) is 0 Å². The lowest BCUT2D eigenvalue weighted by atomic mass is 9.92. The molecule has 2 saturated heterocycles. The maximum atomic E-state index is 11.5. The van der Waals surface area contributed by atoms with Gasteiger partial charge in [-0.1, -0.05) is 0 Å². The van der Waals surface area contributed by atoms with Crippen LogP contribution in [0.1, 0.15) is 12.8 Å². The fourth-order valence-corrected chi connectivity index (χ4v) is 3.71. The molecule has 0 bridgehead atoms. The molecule has 0 aromatic carbocycles. The van der Waals surface area contributed by atoms with Gasteiger partial charge in [0.05, 0.1) is 0 Å². The van der Waals surface area contributed by atoms with Crippen molar-refractivity contribution in [3.63, 3.8) is 0 Å². The molecule has 0 aliphatic carbocycles. The van der Waals surface area contributed by atoms with Crippen molar-refractivity contribution in [2.75, 3.05) is 37.7 Å². The largest absolute Gasteiger partial charge is 0.480 e. The molecule has 1 unspecified atom stereocenters. The molecule has 1 atom stereocenters. The number of hydrogen-bond acceptors (Lipinski definition) is 4. The highest BCUT2D eigenvalue weighted by atomic mass is 32.2. The summed E-state index contributed by atoms with van der Waals surface area (Å²) in [5.74, 6) is 1.24. The maximum Gasteiger partial charge on any atom is 0.324 e. The third-order valence-electron chi connectivity index (χ3n) is 3.34. The van der Waals surface area contributed by atoms with Gasteiger partial charge in [-0.15, -0.1) is 0 Å². The molecule has 2 heterocycles. The zero-order chi connectivity index (χ0) is 10.7. The molecule has 4 nitrogen and oxygen atoms in total. The van der Waals surface area contributed by atoms with Gasteiger partial charge >= 0.3 is 5.97 Å². The number of hydrogen-bond donors (Lipinski definition) is 2. The number of carboxylic acids is 1. The molecule has 0 saturated carbocycles. The van der Waals surface area contributed by atoms with Crippen LogP contribution in [0.4, 0.5) is 0 Å². The fraction of sp³-hybridized carbons (Fsp3) is 0.900. The fourth-order valence-electron chi connectivity index (χ4n) is 2.43. The first-order valence-corrected chi connectivity index (χ1v) is 6.68. The molecule has 2 aliphatic rings. The van der Waals surface area contributed by atoms with Gasteiger partial charge in [0.2, 0.25) is 0 Å². The molecule has 15 heavy (non-hydrogen) atoms. The molecule has 0 aromatic rings. The third kappa shape index (κ3) is 2.14. The summed E-state index contributed by atoms with van der Waals surface area (Å²) in [5.41, 5.74) is -0.578. The van der Waals surface area contributed by atoms with Gasteiger partial charge in [-0.05, 0) is 18.6 Å². The average molecular weight is 230 g/mol. The molecule has 0 spiro atoms. The topological polar surface area (TPSA) is 52.6 Å². The highest BCUT2D eigenvalue weighted by Gasteiger charge is 2.45. The highest BCUT2D eigenvalue weighted by molar-refractivity contribution is 7.99. The zero-order valence-electron chi connectivity index (χ0n) is 8.87. The standard InChI is InChI=1S/C10H18N2O2S/c13-9(14)10(2-1-7-15-8-10)12-5-3-11-4-6-12/h11H,1-8H2,(H,13,14). The lowest BCUT2D eigenvalue weighted by molar-refractivity contribution is -0.151. The first kappa shape index (κ1) is 11.2. The Morgan fingerprint density at radius 1 is 1.40 bits per heavy atom. The van der Waals surface area contributed by atoms with E-state index in [9.17, 15) is 9.90 Å². The van der Waals surface area contributed by atoms with Gasteiger partial charge in [-0.25, -0.2) is 0 Å². The first-order valence-electron chi connectivity index (χ1n) is 5.53. The van der Waals surface area contributed by atoms with Crippen LogP contribution in [0.2, 0.25) is 0 Å². The van der Waals surface area contributed by atoms with Crippen LogP contribution in [0.15, 0.2) is 0 Å². The SMILES string of the molecule is O=C(O)C1(N2CCNCC2)CCCSC1. The molecule has 2 N–H and O–H groups in total. The van der Waals surface area contributed by atoms with E-state index in [1.807, 2.05) is 0 Å². The number of thioether (sulfide) groups is 1. The van der Waals surface area contributed by atoms with Crippen molar-refractivity contribution in [2.45, 2.75) is 18.4 Å². The smallest absolute Gasteiger partial charge is 0.324 e. The molecule has 86 valence electrons. The molecule has 0 aromatic heterocycles. The number of nitrogens with zero attached hydrogens (tertiary/aromatic N) is 1. The van der Waals surface area contributed by atoms with Crippen LogP contribution in [0, 0.1) is 0 Å². The van der Waals surface area contributed by atoms with Crippen LogP contribution < -0.4 is 5.32 Å². The number of piperazine rings is 1. The van der Waals surface area contributed by atoms with Crippen molar-refractivity contribution < 1.29 is 9.90 Å². The van der Waals surface area contributed by atoms with Gasteiger partial charge < -0.3 is 10.4 Å². The normalized spacial score (nSPS) is 33.9. The van der Waals surface area contributed by atoms with Gasteiger partial charge in [-0.3, -0.25) is 9.69 Å². The summed E-state index contributed by atoms with van der Waals surface area (Å²) in [5, 5.41) is 12.7. The second-order valence-corrected chi connectivity index (χ2v) is 5.34. The maximum absolute atomic E-state index is 11.5. The summed E-state index contributed by atoms with van der Waals surface area (Å²) < 4.78 is 0. The molecule has 2 rings (SSSR count). The molecule has 2 aliphatic heterocycles. The van der Waals surface area contributed by atoms with E-state index in [4.69, 9.17) is 0 Å². The second kappa shape index (κ2) is 4.72. The van der Waals surface area contributed by atoms with Crippen molar-refractivity contribution >= 4 is 17.7 Å². The van der Waals surface area contributed by atoms with Crippen molar-refractivity contribution in [1.82, 2.24) is 10.2 Å². The summed E-state index contributed by atoms with van der Waals surface area (Å²) in [6.07, 6.45) is 1.84. The molecule has 2 fully saturated rings. The van der Waals surface area contributed by atoms with Crippen LogP contribution in [-0.4, -0.2) is 59.2 Å². The van der Waals surface area contributed by atoms with Crippen LogP contribution >= 0.6 is 11.8 Å². The molecular formula is C10H18N2O2S. The van der Waals surface area contributed by atoms with Crippen molar-refractivity contribution in [3.8, 4) is 0 Å². The minimum Gasteiger partial charge on any atom is -0.480 e. The van der Waals surface area contributed by atoms with Gasteiger partial charge in [0.1, 0.15) is 5.54 Å². The lowest BCUT2D eigenvalue weighted by Gasteiger charge is -2.44. The van der Waals surface area contributed by atoms with Crippen LogP contribution in [0.5, 0.6) is 0 Å². The van der Waals surface area contributed by atoms with Crippen molar-refractivity contribution in [1.29, 1.82) is 0 Å². The Balaban J connectivity index is 2.12. The van der Waals surface area contributed by atoms with Crippen LogP contribution in [0.25, 0.3) is 0 Å². The number of aliphatic carboxylic acids is 1. The van der Waals surface area contributed by atoms with E-state index < -0.39 is 11.5 Å². The summed E-state index contributed by atoms with van der Waals surface area (Å²) >= 11 is 1.78. The lowest BCUT2D eigenvalue weighted by Crippen LogP contribution is -2.62. The van der Waals surface area contributed by atoms with Gasteiger partial charge in [0, 0.05) is 31.9 Å². The van der Waals surface area contributed by atoms with Crippen LogP contribution in [0.3, 0.4) is 0 Å². The van der Waals surface area contributed by atoms with E-state index >= 15 is 0 Å². The van der Waals surface area contributed by atoms with E-state index in [-0.39, 0.29) is 0 Å². The van der Waals surface area contributed by atoms with E-state index in [0.717, 1.165) is 50.5 Å². The summed E-state index contributed by atoms with van der Waals surface area (Å²) in [6, 6.07) is 0. The van der Waals surface area contributed by atoms with Gasteiger partial charge in [0.15, 0.2) is 0 Å². The van der Waals surface area contributed by atoms with Crippen molar-refractivity contribution in [2.24, 2.45) is 0 Å². The summed E-state index contributed by atoms with van der Waals surface area (Å²) in [4.78, 5) is 13.7. The minimum absolute atomic E-state index is 0.578. The summed E-state index contributed by atoms with van der Waals surface area (Å²) in [7, 11) is 0. The Morgan fingerprint density at radius 3 is 2.67 bits per heavy atom. The van der Waals surface area contributed by atoms with E-state index in [0.29, 0.717) is 0 Å². The van der Waals surface area contributed by atoms with Gasteiger partial charge in [-0.2, -0.15) is 11.8 Å². The Bertz CT molecular complexity index is 236. The molecule has 0 radical (unpaired) electrons. The number of carbonyl (C=O) groups is 1. The molecular weight excluding hydrogens is 212 g/mol. The Hall–Kier alpha value is -0.260. The Labute approximate surface area is 94.4 Å². The minimum atomic E-state index is -0.628. The van der Waals surface area contributed by atoms with E-state index in [2.05, 4.69) is 10.2 Å². The Kier molecular flexibility index (Phi) is 3.53. The van der Waals surface area contributed by atoms with E-state index in [1.54, 1.807) is 11.8 Å². The monoisotopic (exact) mass is 230 g/mol. The van der Waals surface area contributed by atoms with Gasteiger partial charge in [0.25, 0.3) is 0 Å². The zero-order valence-corrected chi connectivity index (χ0v) is 9.68. The summed E-state index contributed by atoms with van der Waals surface area (Å²) in [6.45, 7) is 3.57. The number of carboxylic acid groups (broad SMARTS) is 1. The predicted molar refractivity (Wildman–Crippen MR) is 61.4 cm³/mol. The number of nitrogens with one attached hydrogen (secondary N) is 1. The third-order valence-corrected chi connectivity index (χ3v) is 4.60. The second-order valence-electron chi connectivity index (χ2n) is 4.23. The first-order chi connectivity index (χ1) is 7.26. The van der Waals surface area contributed by atoms with Crippen LogP contribution in [-0.2, 0) is 4.79 Å². The Morgan fingerprint density at radius 2 is 2.13 bits per heavy atom. The quantitative estimate of drug-likeness (QED) is 0.712. The average Bonchev–Trinajstić information content (AvgIpc) is 2.31. The predicted octanol–water partition coefficient (Wildman–Crippen LogP) is 0.242.